The van der Waals surface area contributed by atoms with E-state index in [2.05, 4.69) is 5.32 Å². The standard InChI is InChI=1S/C39H33ClN2O5/c1-25-19-21-27(22-20-25)39(26-11-3-2-4-12-26,33-17-9-10-18-34(33)40)47-36(43)23-35(37(41)44)42-38(45)46-24-32-30-15-7-5-13-28(30)29-14-6-8-16-31(29)32/h2-22,32,35H,23-24H2,1H3,(H2,41,44)(H,42,45)/t35-,39?/m0/s1. The number of fused-ring (bicyclic) bond motifs is 3. The Bertz CT molecular complexity index is 1880. The maximum Gasteiger partial charge on any atom is 0.407 e. The number of alkyl carbamates (subject to hydrolysis) is 1. The number of hydrogen-bond donors (Lipinski definition) is 2. The molecule has 0 fully saturated rings. The first-order chi connectivity index (χ1) is 22.8. The van der Waals surface area contributed by atoms with Crippen molar-refractivity contribution in [3.63, 3.8) is 0 Å². The van der Waals surface area contributed by atoms with E-state index >= 15 is 0 Å². The molecule has 0 saturated heterocycles. The van der Waals surface area contributed by atoms with Crippen LogP contribution in [0.4, 0.5) is 4.79 Å². The molecule has 0 aromatic heterocycles. The first kappa shape index (κ1) is 31.6. The van der Waals surface area contributed by atoms with Gasteiger partial charge in [-0.2, -0.15) is 0 Å². The second kappa shape index (κ2) is 13.5. The molecule has 47 heavy (non-hydrogen) atoms. The summed E-state index contributed by atoms with van der Waals surface area (Å²) in [5.41, 5.74) is 11.3. The Labute approximate surface area is 278 Å². The van der Waals surface area contributed by atoms with Crippen LogP contribution in [-0.2, 0) is 24.7 Å². The monoisotopic (exact) mass is 644 g/mol. The van der Waals surface area contributed by atoms with Gasteiger partial charge in [0.25, 0.3) is 0 Å². The first-order valence-electron chi connectivity index (χ1n) is 15.3. The number of aryl methyl sites for hydroxylation is 1. The number of benzene rings is 5. The highest BCUT2D eigenvalue weighted by atomic mass is 35.5. The van der Waals surface area contributed by atoms with Gasteiger partial charge in [0.15, 0.2) is 5.60 Å². The molecular weight excluding hydrogens is 612 g/mol. The van der Waals surface area contributed by atoms with Gasteiger partial charge in [-0.1, -0.05) is 138 Å². The Morgan fingerprint density at radius 2 is 1.32 bits per heavy atom. The van der Waals surface area contributed by atoms with E-state index in [0.29, 0.717) is 21.7 Å². The van der Waals surface area contributed by atoms with E-state index in [1.54, 1.807) is 18.2 Å². The number of ether oxygens (including phenoxy) is 2. The van der Waals surface area contributed by atoms with E-state index in [-0.39, 0.29) is 12.5 Å². The van der Waals surface area contributed by atoms with E-state index in [1.807, 2.05) is 116 Å². The van der Waals surface area contributed by atoms with Crippen LogP contribution in [0.3, 0.4) is 0 Å². The highest BCUT2D eigenvalue weighted by Crippen LogP contribution is 2.45. The molecule has 5 aromatic rings. The number of primary amides is 1. The molecule has 3 N–H and O–H groups in total. The smallest absolute Gasteiger partial charge is 0.407 e. The Morgan fingerprint density at radius 1 is 0.766 bits per heavy atom. The molecule has 0 saturated carbocycles. The lowest BCUT2D eigenvalue weighted by Crippen LogP contribution is -2.47. The number of hydrogen-bond acceptors (Lipinski definition) is 5. The van der Waals surface area contributed by atoms with Crippen molar-refractivity contribution in [2.75, 3.05) is 6.61 Å². The van der Waals surface area contributed by atoms with E-state index in [1.165, 1.54) is 0 Å². The predicted molar refractivity (Wildman–Crippen MR) is 181 cm³/mol. The van der Waals surface area contributed by atoms with Crippen LogP contribution in [-0.4, -0.2) is 30.6 Å². The molecule has 236 valence electrons. The summed E-state index contributed by atoms with van der Waals surface area (Å²) in [7, 11) is 0. The highest BCUT2D eigenvalue weighted by molar-refractivity contribution is 6.31. The molecule has 7 nitrogen and oxygen atoms in total. The molecular formula is C39H33ClN2O5. The van der Waals surface area contributed by atoms with Gasteiger partial charge in [0.2, 0.25) is 5.91 Å². The van der Waals surface area contributed by atoms with Gasteiger partial charge in [0.1, 0.15) is 12.6 Å². The Hall–Kier alpha value is -5.40. The minimum absolute atomic E-state index is 0.0346. The Balaban J connectivity index is 1.24. The summed E-state index contributed by atoms with van der Waals surface area (Å²) in [5.74, 6) is -1.87. The van der Waals surface area contributed by atoms with Crippen molar-refractivity contribution >= 4 is 29.6 Å². The van der Waals surface area contributed by atoms with Crippen LogP contribution < -0.4 is 11.1 Å². The van der Waals surface area contributed by atoms with E-state index in [9.17, 15) is 14.4 Å². The molecule has 0 aliphatic heterocycles. The van der Waals surface area contributed by atoms with Crippen molar-refractivity contribution < 1.29 is 23.9 Å². The van der Waals surface area contributed by atoms with Crippen LogP contribution in [0.25, 0.3) is 11.1 Å². The third kappa shape index (κ3) is 6.35. The van der Waals surface area contributed by atoms with Crippen LogP contribution in [0.2, 0.25) is 5.02 Å². The second-order valence-corrected chi connectivity index (χ2v) is 11.9. The molecule has 0 radical (unpaired) electrons. The van der Waals surface area contributed by atoms with Crippen molar-refractivity contribution in [1.29, 1.82) is 0 Å². The van der Waals surface area contributed by atoms with E-state index < -0.39 is 36.0 Å². The van der Waals surface area contributed by atoms with Crippen LogP contribution in [0.15, 0.2) is 127 Å². The molecule has 1 unspecified atom stereocenters. The molecule has 6 rings (SSSR count). The summed E-state index contributed by atoms with van der Waals surface area (Å²) >= 11 is 6.76. The highest BCUT2D eigenvalue weighted by Gasteiger charge is 2.43. The van der Waals surface area contributed by atoms with Crippen molar-refractivity contribution in [2.24, 2.45) is 5.73 Å². The van der Waals surface area contributed by atoms with E-state index in [4.69, 9.17) is 26.8 Å². The van der Waals surface area contributed by atoms with Gasteiger partial charge in [-0.05, 0) is 35.2 Å². The largest absolute Gasteiger partial charge is 0.449 e. The average Bonchev–Trinajstić information content (AvgIpc) is 3.40. The Morgan fingerprint density at radius 3 is 1.94 bits per heavy atom. The predicted octanol–water partition coefficient (Wildman–Crippen LogP) is 7.27. The molecule has 0 heterocycles. The molecule has 8 heteroatoms. The van der Waals surface area contributed by atoms with Crippen LogP contribution in [0.5, 0.6) is 0 Å². The van der Waals surface area contributed by atoms with Crippen molar-refractivity contribution in [3.8, 4) is 11.1 Å². The average molecular weight is 645 g/mol. The summed E-state index contributed by atoms with van der Waals surface area (Å²) in [6.45, 7) is 1.99. The fourth-order valence-electron chi connectivity index (χ4n) is 6.24. The normalized spacial score (nSPS) is 13.8. The lowest BCUT2D eigenvalue weighted by Gasteiger charge is -2.36. The summed E-state index contributed by atoms with van der Waals surface area (Å²) < 4.78 is 12.0. The summed E-state index contributed by atoms with van der Waals surface area (Å²) in [4.78, 5) is 39.4. The Kier molecular flexibility index (Phi) is 9.09. The zero-order valence-electron chi connectivity index (χ0n) is 25.7. The number of rotatable bonds is 10. The second-order valence-electron chi connectivity index (χ2n) is 11.5. The van der Waals surface area contributed by atoms with Crippen LogP contribution in [0.1, 0.15) is 45.7 Å². The van der Waals surface area contributed by atoms with Crippen LogP contribution in [0, 0.1) is 6.92 Å². The van der Waals surface area contributed by atoms with Gasteiger partial charge in [-0.25, -0.2) is 4.79 Å². The molecule has 1 aliphatic carbocycles. The summed E-state index contributed by atoms with van der Waals surface area (Å²) in [6, 6.07) is 38.5. The van der Waals surface area contributed by atoms with Gasteiger partial charge in [0.05, 0.1) is 6.42 Å². The molecule has 0 bridgehead atoms. The molecule has 0 spiro atoms. The molecule has 2 amide bonds. The van der Waals surface area contributed by atoms with Gasteiger partial charge in [-0.15, -0.1) is 0 Å². The number of carbonyl (C=O) groups excluding carboxylic acids is 3. The number of carbonyl (C=O) groups is 3. The third-order valence-corrected chi connectivity index (χ3v) is 8.84. The number of nitrogens with one attached hydrogen (secondary N) is 1. The zero-order chi connectivity index (χ0) is 33.0. The first-order valence-corrected chi connectivity index (χ1v) is 15.7. The number of amides is 2. The summed E-state index contributed by atoms with van der Waals surface area (Å²) in [6.07, 6.45) is -1.41. The van der Waals surface area contributed by atoms with E-state index in [0.717, 1.165) is 27.8 Å². The fourth-order valence-corrected chi connectivity index (χ4v) is 6.51. The van der Waals surface area contributed by atoms with Gasteiger partial charge >= 0.3 is 12.1 Å². The topological polar surface area (TPSA) is 108 Å². The van der Waals surface area contributed by atoms with Gasteiger partial charge in [-0.3, -0.25) is 9.59 Å². The summed E-state index contributed by atoms with van der Waals surface area (Å²) in [5, 5.41) is 2.86. The number of halogens is 1. The number of nitrogens with two attached hydrogens (primary N) is 1. The molecule has 2 atom stereocenters. The zero-order valence-corrected chi connectivity index (χ0v) is 26.4. The van der Waals surface area contributed by atoms with Crippen molar-refractivity contribution in [2.45, 2.75) is 30.9 Å². The third-order valence-electron chi connectivity index (χ3n) is 8.51. The van der Waals surface area contributed by atoms with Crippen LogP contribution >= 0.6 is 11.6 Å². The lowest BCUT2D eigenvalue weighted by atomic mass is 9.79. The fraction of sp³-hybridized carbons (Fsp3) is 0.154. The van der Waals surface area contributed by atoms with Gasteiger partial charge in [0, 0.05) is 27.6 Å². The number of esters is 1. The molecule has 5 aromatic carbocycles. The van der Waals surface area contributed by atoms with Crippen molar-refractivity contribution in [3.05, 3.63) is 166 Å². The minimum Gasteiger partial charge on any atom is -0.449 e. The lowest BCUT2D eigenvalue weighted by molar-refractivity contribution is -0.155. The van der Waals surface area contributed by atoms with Gasteiger partial charge < -0.3 is 20.5 Å². The minimum atomic E-state index is -1.48. The maximum absolute atomic E-state index is 13.8. The van der Waals surface area contributed by atoms with Crippen molar-refractivity contribution in [1.82, 2.24) is 5.32 Å². The molecule has 1 aliphatic rings. The maximum atomic E-state index is 13.8. The quantitative estimate of drug-likeness (QED) is 0.123. The SMILES string of the molecule is Cc1ccc(C(OC(=O)C[C@H](NC(=O)OCC2c3ccccc3-c3ccccc32)C(N)=O)(c2ccccc2)c2ccccc2Cl)cc1.